The molecular formula is C30H34ClF3N6O3S. The summed E-state index contributed by atoms with van der Waals surface area (Å²) in [5.74, 6) is -0.543. The molecule has 44 heavy (non-hydrogen) atoms. The number of hydrogen-bond donors (Lipinski definition) is 2. The Labute approximate surface area is 259 Å². The molecule has 0 bridgehead atoms. The molecule has 4 N–H and O–H groups in total. The first kappa shape index (κ1) is 32.2. The van der Waals surface area contributed by atoms with Gasteiger partial charge in [0.15, 0.2) is 0 Å². The zero-order valence-corrected chi connectivity index (χ0v) is 25.5. The summed E-state index contributed by atoms with van der Waals surface area (Å²) in [4.78, 5) is 20.3. The Bertz CT molecular complexity index is 1610. The quantitative estimate of drug-likeness (QED) is 0.330. The molecule has 0 spiro atoms. The van der Waals surface area contributed by atoms with Crippen molar-refractivity contribution in [2.45, 2.75) is 42.9 Å². The number of halogens is 4. The average molecular weight is 651 g/mol. The van der Waals surface area contributed by atoms with Gasteiger partial charge in [-0.1, -0.05) is 29.8 Å². The van der Waals surface area contributed by atoms with E-state index in [1.165, 1.54) is 16.4 Å². The van der Waals surface area contributed by atoms with E-state index < -0.39 is 27.7 Å². The first-order valence-electron chi connectivity index (χ1n) is 14.3. The highest BCUT2D eigenvalue weighted by Gasteiger charge is 2.34. The number of amides is 1. The highest BCUT2D eigenvalue weighted by atomic mass is 35.5. The number of benzene rings is 2. The number of likely N-dealkylation sites (tertiary alicyclic amines) is 1. The number of pyridine rings is 1. The third kappa shape index (κ3) is 7.02. The Kier molecular flexibility index (Phi) is 9.52. The molecule has 2 aromatic carbocycles. The molecule has 5 rings (SSSR count). The Balaban J connectivity index is 1.31. The van der Waals surface area contributed by atoms with Crippen LogP contribution in [-0.2, 0) is 22.7 Å². The van der Waals surface area contributed by atoms with Crippen molar-refractivity contribution in [1.82, 2.24) is 14.2 Å². The van der Waals surface area contributed by atoms with Gasteiger partial charge in [0.25, 0.3) is 0 Å². The highest BCUT2D eigenvalue weighted by Crippen LogP contribution is 2.34. The zero-order valence-electron chi connectivity index (χ0n) is 23.9. The summed E-state index contributed by atoms with van der Waals surface area (Å²) < 4.78 is 67.9. The van der Waals surface area contributed by atoms with Crippen LogP contribution in [0.4, 0.5) is 19.0 Å². The topological polar surface area (TPSA) is 126 Å². The van der Waals surface area contributed by atoms with E-state index in [0.29, 0.717) is 35.8 Å². The second-order valence-corrected chi connectivity index (χ2v) is 13.4. The number of alkyl halides is 3. The minimum absolute atomic E-state index is 0.0401. The van der Waals surface area contributed by atoms with E-state index in [2.05, 4.69) is 9.88 Å². The van der Waals surface area contributed by atoms with Gasteiger partial charge in [-0.05, 0) is 85.4 Å². The van der Waals surface area contributed by atoms with E-state index in [1.54, 1.807) is 23.1 Å². The van der Waals surface area contributed by atoms with Crippen LogP contribution in [0.2, 0.25) is 5.15 Å². The van der Waals surface area contributed by atoms with Gasteiger partial charge in [0.05, 0.1) is 10.5 Å². The second kappa shape index (κ2) is 13.0. The number of nitrogens with zero attached hydrogens (tertiary/aromatic N) is 4. The molecule has 0 saturated carbocycles. The van der Waals surface area contributed by atoms with Crippen molar-refractivity contribution in [3.05, 3.63) is 76.4 Å². The van der Waals surface area contributed by atoms with Crippen LogP contribution in [0.25, 0.3) is 11.1 Å². The molecule has 14 heteroatoms. The van der Waals surface area contributed by atoms with Crippen LogP contribution in [0.15, 0.2) is 59.5 Å². The molecule has 236 valence electrons. The fourth-order valence-electron chi connectivity index (χ4n) is 5.92. The van der Waals surface area contributed by atoms with Crippen LogP contribution in [0.5, 0.6) is 0 Å². The molecule has 1 amide bonds. The molecule has 0 radical (unpaired) electrons. The number of rotatable bonds is 9. The fourth-order valence-corrected chi connectivity index (χ4v) is 7.55. The molecule has 0 unspecified atom stereocenters. The van der Waals surface area contributed by atoms with Crippen molar-refractivity contribution in [2.75, 3.05) is 44.2 Å². The molecule has 2 saturated heterocycles. The van der Waals surface area contributed by atoms with Gasteiger partial charge in [-0.15, -0.1) is 0 Å². The molecule has 9 nitrogen and oxygen atoms in total. The Morgan fingerprint density at radius 1 is 1.00 bits per heavy atom. The van der Waals surface area contributed by atoms with E-state index in [1.807, 2.05) is 12.1 Å². The van der Waals surface area contributed by atoms with Crippen molar-refractivity contribution in [1.29, 1.82) is 0 Å². The molecular weight excluding hydrogens is 617 g/mol. The maximum atomic E-state index is 13.5. The molecule has 3 aromatic rings. The number of carbonyl (C=O) groups is 1. The monoisotopic (exact) mass is 650 g/mol. The lowest BCUT2D eigenvalue weighted by molar-refractivity contribution is -0.137. The molecule has 2 fully saturated rings. The SMILES string of the molecule is NCC[C@@H]1CCCN1Cc1ccc(C(N)=O)c(-c2ccc(S(=O)(=O)N3CCN(c4cc(C(F)(F)F)cc(Cl)n4)CC3)cc2)c1. The second-order valence-electron chi connectivity index (χ2n) is 11.0. The van der Waals surface area contributed by atoms with E-state index in [9.17, 15) is 26.4 Å². The lowest BCUT2D eigenvalue weighted by Crippen LogP contribution is -2.49. The van der Waals surface area contributed by atoms with Crippen LogP contribution in [0.3, 0.4) is 0 Å². The molecule has 2 aliphatic heterocycles. The molecule has 3 heterocycles. The summed E-state index contributed by atoms with van der Waals surface area (Å²) in [7, 11) is -3.90. The van der Waals surface area contributed by atoms with Crippen molar-refractivity contribution in [3.63, 3.8) is 0 Å². The largest absolute Gasteiger partial charge is 0.416 e. The third-order valence-electron chi connectivity index (χ3n) is 8.21. The number of nitrogens with two attached hydrogens (primary N) is 2. The molecule has 2 aliphatic rings. The Hall–Kier alpha value is -3.23. The maximum absolute atomic E-state index is 13.5. The van der Waals surface area contributed by atoms with Crippen molar-refractivity contribution in [2.24, 2.45) is 11.5 Å². The van der Waals surface area contributed by atoms with E-state index in [0.717, 1.165) is 43.5 Å². The van der Waals surface area contributed by atoms with Gasteiger partial charge in [0.2, 0.25) is 15.9 Å². The Morgan fingerprint density at radius 2 is 1.70 bits per heavy atom. The number of sulfonamides is 1. The minimum Gasteiger partial charge on any atom is -0.366 e. The Morgan fingerprint density at radius 3 is 2.34 bits per heavy atom. The van der Waals surface area contributed by atoms with Crippen LogP contribution in [0, 0.1) is 0 Å². The highest BCUT2D eigenvalue weighted by molar-refractivity contribution is 7.89. The maximum Gasteiger partial charge on any atom is 0.416 e. The molecule has 0 aliphatic carbocycles. The number of hydrogen-bond acceptors (Lipinski definition) is 7. The lowest BCUT2D eigenvalue weighted by Gasteiger charge is -2.35. The van der Waals surface area contributed by atoms with Crippen molar-refractivity contribution < 1.29 is 26.4 Å². The van der Waals surface area contributed by atoms with Crippen LogP contribution in [0.1, 0.15) is 40.7 Å². The van der Waals surface area contributed by atoms with Gasteiger partial charge in [-0.3, -0.25) is 9.69 Å². The van der Waals surface area contributed by atoms with Crippen molar-refractivity contribution in [3.8, 4) is 11.1 Å². The summed E-state index contributed by atoms with van der Waals surface area (Å²) in [5, 5.41) is -0.290. The first-order chi connectivity index (χ1) is 20.9. The molecule has 1 aromatic heterocycles. The standard InChI is InChI=1S/C30H34ClF3N6O3S/c31-27-17-22(30(32,33)34)18-28(37-27)38-12-14-40(15-13-38)44(42,43)24-6-4-21(5-7-24)26-16-20(3-8-25(26)29(36)41)19-39-11-1-2-23(39)9-10-35/h3-8,16-18,23H,1-2,9-15,19,35H2,(H2,36,41)/t23-/m0/s1. The van der Waals surface area contributed by atoms with Gasteiger partial charge < -0.3 is 16.4 Å². The van der Waals surface area contributed by atoms with Crippen LogP contribution < -0.4 is 16.4 Å². The summed E-state index contributed by atoms with van der Waals surface area (Å²) in [5.41, 5.74) is 13.2. The average Bonchev–Trinajstić information content (AvgIpc) is 3.43. The van der Waals surface area contributed by atoms with Crippen LogP contribution >= 0.6 is 11.6 Å². The van der Waals surface area contributed by atoms with Gasteiger partial charge in [0.1, 0.15) is 11.0 Å². The van der Waals surface area contributed by atoms with E-state index in [4.69, 9.17) is 23.1 Å². The van der Waals surface area contributed by atoms with E-state index >= 15 is 0 Å². The van der Waals surface area contributed by atoms with Gasteiger partial charge in [-0.25, -0.2) is 13.4 Å². The van der Waals surface area contributed by atoms with Crippen LogP contribution in [-0.4, -0.2) is 73.8 Å². The minimum atomic E-state index is -4.58. The summed E-state index contributed by atoms with van der Waals surface area (Å²) in [6, 6.07) is 13.9. The predicted octanol–water partition coefficient (Wildman–Crippen LogP) is 4.34. The normalized spacial score (nSPS) is 18.6. The zero-order chi connectivity index (χ0) is 31.6. The smallest absolute Gasteiger partial charge is 0.366 e. The summed E-state index contributed by atoms with van der Waals surface area (Å²) >= 11 is 5.83. The predicted molar refractivity (Wildman–Crippen MR) is 163 cm³/mol. The molecule has 1 atom stereocenters. The summed E-state index contributed by atoms with van der Waals surface area (Å²) in [6.45, 7) is 2.68. The van der Waals surface area contributed by atoms with Gasteiger partial charge in [0, 0.05) is 44.3 Å². The lowest BCUT2D eigenvalue weighted by atomic mass is 9.96. The van der Waals surface area contributed by atoms with Crippen molar-refractivity contribution >= 4 is 33.3 Å². The summed E-state index contributed by atoms with van der Waals surface area (Å²) in [6.07, 6.45) is -1.45. The third-order valence-corrected chi connectivity index (χ3v) is 10.3. The number of carbonyl (C=O) groups excluding carboxylic acids is 1. The number of piperazine rings is 1. The number of anilines is 1. The van der Waals surface area contributed by atoms with Gasteiger partial charge >= 0.3 is 6.18 Å². The van der Waals surface area contributed by atoms with Gasteiger partial charge in [-0.2, -0.15) is 17.5 Å². The number of aromatic nitrogens is 1. The van der Waals surface area contributed by atoms with E-state index in [-0.39, 0.29) is 42.0 Å². The fraction of sp³-hybridized carbons (Fsp3) is 0.400. The first-order valence-corrected chi connectivity index (χ1v) is 16.2. The number of primary amides is 1.